The predicted octanol–water partition coefficient (Wildman–Crippen LogP) is 3.50. The summed E-state index contributed by atoms with van der Waals surface area (Å²) in [5.74, 6) is -0.295. The number of nitrogens with zero attached hydrogens (tertiary/aromatic N) is 1. The van der Waals surface area contributed by atoms with Crippen LogP contribution in [0, 0.1) is 5.82 Å². The SMILES string of the molecule is O=C(Nc1ccc(F)cc1)NC1C[C@@H]2CCC[C@@H](C1)N2C1CC1. The van der Waals surface area contributed by atoms with Gasteiger partial charge in [0.2, 0.25) is 0 Å². The van der Waals surface area contributed by atoms with Crippen LogP contribution in [-0.4, -0.2) is 35.1 Å². The molecule has 2 bridgehead atoms. The van der Waals surface area contributed by atoms with Crippen LogP contribution in [0.5, 0.6) is 0 Å². The number of nitrogens with one attached hydrogen (secondary N) is 2. The van der Waals surface area contributed by atoms with E-state index in [1.165, 1.54) is 44.2 Å². The van der Waals surface area contributed by atoms with Crippen LogP contribution in [0.3, 0.4) is 0 Å². The second kappa shape index (κ2) is 6.11. The molecule has 1 saturated carbocycles. The summed E-state index contributed by atoms with van der Waals surface area (Å²) in [6, 6.07) is 8.05. The van der Waals surface area contributed by atoms with Gasteiger partial charge in [-0.1, -0.05) is 6.42 Å². The zero-order chi connectivity index (χ0) is 15.8. The average Bonchev–Trinajstić information content (AvgIpc) is 3.33. The standard InChI is InChI=1S/C18H24FN3O/c19-12-4-6-13(7-5-12)20-18(23)21-14-10-16-2-1-3-17(11-14)22(16)15-8-9-15/h4-7,14-17H,1-3,8-11H2,(H2,20,21,23)/t16-,17-/m0/s1. The quantitative estimate of drug-likeness (QED) is 0.896. The fraction of sp³-hybridized carbons (Fsp3) is 0.611. The van der Waals surface area contributed by atoms with E-state index >= 15 is 0 Å². The Hall–Kier alpha value is -1.62. The van der Waals surface area contributed by atoms with E-state index in [9.17, 15) is 9.18 Å². The van der Waals surface area contributed by atoms with Gasteiger partial charge in [0.05, 0.1) is 0 Å². The Balaban J connectivity index is 1.34. The molecule has 1 aliphatic carbocycles. The van der Waals surface area contributed by atoms with Gasteiger partial charge < -0.3 is 10.6 Å². The van der Waals surface area contributed by atoms with Crippen molar-refractivity contribution in [1.29, 1.82) is 0 Å². The Labute approximate surface area is 136 Å². The number of hydrogen-bond donors (Lipinski definition) is 2. The summed E-state index contributed by atoms with van der Waals surface area (Å²) in [7, 11) is 0. The number of halogens is 1. The van der Waals surface area contributed by atoms with Crippen LogP contribution in [0.2, 0.25) is 0 Å². The smallest absolute Gasteiger partial charge is 0.319 e. The summed E-state index contributed by atoms with van der Waals surface area (Å²) >= 11 is 0. The molecule has 4 nitrogen and oxygen atoms in total. The highest BCUT2D eigenvalue weighted by Gasteiger charge is 2.45. The second-order valence-corrected chi connectivity index (χ2v) is 7.19. The molecule has 2 atom stereocenters. The zero-order valence-electron chi connectivity index (χ0n) is 13.3. The van der Waals surface area contributed by atoms with Gasteiger partial charge in [-0.3, -0.25) is 4.90 Å². The number of amides is 2. The molecule has 5 heteroatoms. The van der Waals surface area contributed by atoms with E-state index in [0.717, 1.165) is 18.9 Å². The van der Waals surface area contributed by atoms with Crippen molar-refractivity contribution in [3.8, 4) is 0 Å². The molecule has 0 aromatic heterocycles. The van der Waals surface area contributed by atoms with E-state index in [2.05, 4.69) is 15.5 Å². The monoisotopic (exact) mass is 317 g/mol. The Morgan fingerprint density at radius 3 is 2.26 bits per heavy atom. The van der Waals surface area contributed by atoms with Crippen LogP contribution in [0.15, 0.2) is 24.3 Å². The number of rotatable bonds is 3. The Kier molecular flexibility index (Phi) is 3.97. The molecule has 0 radical (unpaired) electrons. The lowest BCUT2D eigenvalue weighted by Crippen LogP contribution is -2.58. The van der Waals surface area contributed by atoms with Crippen molar-refractivity contribution in [3.05, 3.63) is 30.1 Å². The van der Waals surface area contributed by atoms with Gasteiger partial charge in [-0.05, 0) is 62.8 Å². The van der Waals surface area contributed by atoms with Gasteiger partial charge in [0.15, 0.2) is 0 Å². The first kappa shape index (κ1) is 14.9. The largest absolute Gasteiger partial charge is 0.335 e. The summed E-state index contributed by atoms with van der Waals surface area (Å²) in [4.78, 5) is 14.9. The highest BCUT2D eigenvalue weighted by Crippen LogP contribution is 2.41. The van der Waals surface area contributed by atoms with E-state index in [1.807, 2.05) is 0 Å². The lowest BCUT2D eigenvalue weighted by Gasteiger charge is -2.49. The number of fused-ring (bicyclic) bond motifs is 2. The van der Waals surface area contributed by atoms with Gasteiger partial charge in [0.25, 0.3) is 0 Å². The molecule has 23 heavy (non-hydrogen) atoms. The molecule has 2 amide bonds. The summed E-state index contributed by atoms with van der Waals surface area (Å²) in [5.41, 5.74) is 0.625. The molecular weight excluding hydrogens is 293 g/mol. The lowest BCUT2D eigenvalue weighted by atomic mass is 9.81. The second-order valence-electron chi connectivity index (χ2n) is 7.19. The van der Waals surface area contributed by atoms with Gasteiger partial charge in [-0.2, -0.15) is 0 Å². The summed E-state index contributed by atoms with van der Waals surface area (Å²) < 4.78 is 12.9. The van der Waals surface area contributed by atoms with Gasteiger partial charge in [-0.25, -0.2) is 9.18 Å². The molecule has 2 saturated heterocycles. The Bertz CT molecular complexity index is 558. The minimum atomic E-state index is -0.295. The van der Waals surface area contributed by atoms with Gasteiger partial charge in [-0.15, -0.1) is 0 Å². The van der Waals surface area contributed by atoms with Crippen molar-refractivity contribution in [2.24, 2.45) is 0 Å². The van der Waals surface area contributed by atoms with Crippen molar-refractivity contribution in [3.63, 3.8) is 0 Å². The van der Waals surface area contributed by atoms with Crippen molar-refractivity contribution >= 4 is 11.7 Å². The summed E-state index contributed by atoms with van der Waals surface area (Å²) in [6.07, 6.45) is 8.70. The fourth-order valence-corrected chi connectivity index (χ4v) is 4.39. The maximum atomic E-state index is 12.9. The summed E-state index contributed by atoms with van der Waals surface area (Å²) in [6.45, 7) is 0. The molecule has 0 spiro atoms. The number of benzene rings is 1. The fourth-order valence-electron chi connectivity index (χ4n) is 4.39. The topological polar surface area (TPSA) is 44.4 Å². The Morgan fingerprint density at radius 2 is 1.65 bits per heavy atom. The van der Waals surface area contributed by atoms with Crippen molar-refractivity contribution in [1.82, 2.24) is 10.2 Å². The van der Waals surface area contributed by atoms with Crippen molar-refractivity contribution in [2.75, 3.05) is 5.32 Å². The normalized spacial score (nSPS) is 30.7. The molecular formula is C18H24FN3O. The van der Waals surface area contributed by atoms with Crippen LogP contribution in [0.25, 0.3) is 0 Å². The number of hydrogen-bond acceptors (Lipinski definition) is 2. The molecule has 3 aliphatic rings. The minimum Gasteiger partial charge on any atom is -0.335 e. The molecule has 0 unspecified atom stereocenters. The highest BCUT2D eigenvalue weighted by molar-refractivity contribution is 5.89. The number of piperidine rings is 2. The van der Waals surface area contributed by atoms with Crippen LogP contribution in [-0.2, 0) is 0 Å². The molecule has 1 aromatic carbocycles. The van der Waals surface area contributed by atoms with Crippen LogP contribution < -0.4 is 10.6 Å². The minimum absolute atomic E-state index is 0.181. The first-order valence-electron chi connectivity index (χ1n) is 8.79. The van der Waals surface area contributed by atoms with E-state index in [4.69, 9.17) is 0 Å². The van der Waals surface area contributed by atoms with Crippen molar-refractivity contribution < 1.29 is 9.18 Å². The maximum absolute atomic E-state index is 12.9. The third-order valence-electron chi connectivity index (χ3n) is 5.44. The highest BCUT2D eigenvalue weighted by atomic mass is 19.1. The van der Waals surface area contributed by atoms with Crippen molar-refractivity contribution in [2.45, 2.75) is 69.1 Å². The number of carbonyl (C=O) groups excluding carboxylic acids is 1. The molecule has 2 aliphatic heterocycles. The van der Waals surface area contributed by atoms with Gasteiger partial charge in [0.1, 0.15) is 5.82 Å². The summed E-state index contributed by atoms with van der Waals surface area (Å²) in [5, 5.41) is 5.92. The van der Waals surface area contributed by atoms with E-state index in [-0.39, 0.29) is 17.9 Å². The molecule has 1 aromatic rings. The molecule has 4 rings (SSSR count). The predicted molar refractivity (Wildman–Crippen MR) is 87.9 cm³/mol. The molecule has 3 fully saturated rings. The maximum Gasteiger partial charge on any atom is 0.319 e. The Morgan fingerprint density at radius 1 is 1.00 bits per heavy atom. The van der Waals surface area contributed by atoms with Crippen LogP contribution in [0.4, 0.5) is 14.9 Å². The third-order valence-corrected chi connectivity index (χ3v) is 5.44. The van der Waals surface area contributed by atoms with Gasteiger partial charge >= 0.3 is 6.03 Å². The molecule has 124 valence electrons. The molecule has 2 N–H and O–H groups in total. The average molecular weight is 317 g/mol. The lowest BCUT2D eigenvalue weighted by molar-refractivity contribution is 0.0198. The van der Waals surface area contributed by atoms with Crippen LogP contribution >= 0.6 is 0 Å². The van der Waals surface area contributed by atoms with E-state index in [1.54, 1.807) is 12.1 Å². The molecule has 2 heterocycles. The third kappa shape index (κ3) is 3.34. The zero-order valence-corrected chi connectivity index (χ0v) is 13.3. The van der Waals surface area contributed by atoms with E-state index < -0.39 is 0 Å². The van der Waals surface area contributed by atoms with E-state index in [0.29, 0.717) is 17.8 Å². The number of anilines is 1. The van der Waals surface area contributed by atoms with Gasteiger partial charge in [0, 0.05) is 29.9 Å². The number of urea groups is 1. The first-order valence-corrected chi connectivity index (χ1v) is 8.79. The number of carbonyl (C=O) groups is 1. The first-order chi connectivity index (χ1) is 11.2. The van der Waals surface area contributed by atoms with Crippen LogP contribution in [0.1, 0.15) is 44.9 Å².